The van der Waals surface area contributed by atoms with Crippen molar-refractivity contribution in [3.05, 3.63) is 29.3 Å². The van der Waals surface area contributed by atoms with Crippen molar-refractivity contribution in [2.75, 3.05) is 27.3 Å². The summed E-state index contributed by atoms with van der Waals surface area (Å²) in [5, 5.41) is 3.03. The lowest BCUT2D eigenvalue weighted by atomic mass is 10.1. The molecule has 2 N–H and O–H groups in total. The van der Waals surface area contributed by atoms with Crippen LogP contribution in [0.25, 0.3) is 0 Å². The largest absolute Gasteiger partial charge is 0.385 e. The Kier molecular flexibility index (Phi) is 6.44. The van der Waals surface area contributed by atoms with Crippen LogP contribution in [0.15, 0.2) is 23.1 Å². The molecule has 0 heterocycles. The lowest BCUT2D eigenvalue weighted by Gasteiger charge is -2.10. The third-order valence-electron chi connectivity index (χ3n) is 2.82. The van der Waals surface area contributed by atoms with Crippen LogP contribution in [0.5, 0.6) is 0 Å². The average molecular weight is 286 g/mol. The molecule has 108 valence electrons. The summed E-state index contributed by atoms with van der Waals surface area (Å²) < 4.78 is 31.6. The van der Waals surface area contributed by atoms with Gasteiger partial charge in [-0.1, -0.05) is 6.07 Å². The molecule has 0 saturated carbocycles. The second kappa shape index (κ2) is 7.59. The number of hydrogen-bond donors (Lipinski definition) is 2. The minimum absolute atomic E-state index is 0.306. The molecule has 0 aliphatic carbocycles. The highest BCUT2D eigenvalue weighted by Gasteiger charge is 2.14. The van der Waals surface area contributed by atoms with Gasteiger partial charge in [0.25, 0.3) is 0 Å². The molecule has 0 bridgehead atoms. The van der Waals surface area contributed by atoms with Crippen molar-refractivity contribution in [1.82, 2.24) is 10.0 Å². The van der Waals surface area contributed by atoms with Gasteiger partial charge in [0.15, 0.2) is 0 Å². The minimum atomic E-state index is -3.43. The lowest BCUT2D eigenvalue weighted by molar-refractivity contribution is 0.196. The fraction of sp³-hybridized carbons (Fsp3) is 0.538. The molecular formula is C13H22N2O3S. The Labute approximate surface area is 115 Å². The van der Waals surface area contributed by atoms with E-state index in [4.69, 9.17) is 4.74 Å². The Morgan fingerprint density at radius 3 is 2.68 bits per heavy atom. The summed E-state index contributed by atoms with van der Waals surface area (Å²) in [4.78, 5) is 0.306. The standard InChI is InChI=1S/C13H22N2O3S/c1-11-5-6-13(9-12(11)10-14-2)19(16,17)15-7-4-8-18-3/h5-6,9,14-15H,4,7-8,10H2,1-3H3. The molecule has 5 nitrogen and oxygen atoms in total. The first kappa shape index (κ1) is 16.1. The highest BCUT2D eigenvalue weighted by atomic mass is 32.2. The van der Waals surface area contributed by atoms with E-state index in [1.807, 2.05) is 20.0 Å². The number of benzene rings is 1. The van der Waals surface area contributed by atoms with Gasteiger partial charge in [-0.05, 0) is 43.7 Å². The van der Waals surface area contributed by atoms with Crippen LogP contribution in [0.2, 0.25) is 0 Å². The molecule has 0 aromatic heterocycles. The quantitative estimate of drug-likeness (QED) is 0.700. The van der Waals surface area contributed by atoms with E-state index in [1.165, 1.54) is 0 Å². The van der Waals surface area contributed by atoms with Crippen molar-refractivity contribution >= 4 is 10.0 Å². The van der Waals surface area contributed by atoms with Gasteiger partial charge in [-0.15, -0.1) is 0 Å². The predicted octanol–water partition coefficient (Wildman–Crippen LogP) is 1.03. The second-order valence-corrected chi connectivity index (χ2v) is 6.13. The first-order chi connectivity index (χ1) is 9.01. The zero-order valence-electron chi connectivity index (χ0n) is 11.7. The lowest BCUT2D eigenvalue weighted by Crippen LogP contribution is -2.25. The summed E-state index contributed by atoms with van der Waals surface area (Å²) in [6.45, 7) is 3.54. The zero-order valence-corrected chi connectivity index (χ0v) is 12.5. The van der Waals surface area contributed by atoms with Gasteiger partial charge in [0, 0.05) is 26.8 Å². The number of sulfonamides is 1. The molecule has 19 heavy (non-hydrogen) atoms. The van der Waals surface area contributed by atoms with Crippen molar-refractivity contribution in [1.29, 1.82) is 0 Å². The van der Waals surface area contributed by atoms with Gasteiger partial charge in [-0.3, -0.25) is 0 Å². The Morgan fingerprint density at radius 2 is 2.05 bits per heavy atom. The normalized spacial score (nSPS) is 11.7. The molecule has 0 saturated heterocycles. The van der Waals surface area contributed by atoms with Crippen LogP contribution >= 0.6 is 0 Å². The van der Waals surface area contributed by atoms with Crippen LogP contribution in [0.4, 0.5) is 0 Å². The molecule has 0 fully saturated rings. The van der Waals surface area contributed by atoms with E-state index in [0.717, 1.165) is 11.1 Å². The molecule has 0 radical (unpaired) electrons. The maximum atomic E-state index is 12.1. The summed E-state index contributed by atoms with van der Waals surface area (Å²) in [5.74, 6) is 0. The van der Waals surface area contributed by atoms with Gasteiger partial charge in [-0.25, -0.2) is 13.1 Å². The Bertz CT molecular complexity index is 501. The van der Waals surface area contributed by atoms with Crippen molar-refractivity contribution in [3.8, 4) is 0 Å². The van der Waals surface area contributed by atoms with Gasteiger partial charge in [0.2, 0.25) is 10.0 Å². The summed E-state index contributed by atoms with van der Waals surface area (Å²) in [6.07, 6.45) is 0.658. The van der Waals surface area contributed by atoms with Crippen LogP contribution in [-0.4, -0.2) is 35.7 Å². The van der Waals surface area contributed by atoms with Gasteiger partial charge < -0.3 is 10.1 Å². The number of methoxy groups -OCH3 is 1. The van der Waals surface area contributed by atoms with E-state index in [1.54, 1.807) is 19.2 Å². The van der Waals surface area contributed by atoms with Crippen molar-refractivity contribution in [2.24, 2.45) is 0 Å². The number of rotatable bonds is 8. The SMILES string of the molecule is CNCc1cc(S(=O)(=O)NCCCOC)ccc1C. The minimum Gasteiger partial charge on any atom is -0.385 e. The first-order valence-electron chi connectivity index (χ1n) is 6.24. The maximum absolute atomic E-state index is 12.1. The monoisotopic (exact) mass is 286 g/mol. The molecule has 1 aromatic carbocycles. The number of ether oxygens (including phenoxy) is 1. The Balaban J connectivity index is 2.80. The van der Waals surface area contributed by atoms with Crippen LogP contribution in [0.1, 0.15) is 17.5 Å². The number of nitrogens with one attached hydrogen (secondary N) is 2. The Morgan fingerprint density at radius 1 is 1.32 bits per heavy atom. The Hall–Kier alpha value is -0.950. The number of hydrogen-bond acceptors (Lipinski definition) is 4. The highest BCUT2D eigenvalue weighted by Crippen LogP contribution is 2.15. The van der Waals surface area contributed by atoms with E-state index in [-0.39, 0.29) is 0 Å². The van der Waals surface area contributed by atoms with Gasteiger partial charge in [0.1, 0.15) is 0 Å². The predicted molar refractivity (Wildman–Crippen MR) is 75.6 cm³/mol. The molecule has 1 rings (SSSR count). The van der Waals surface area contributed by atoms with E-state index in [0.29, 0.717) is 31.0 Å². The fourth-order valence-corrected chi connectivity index (χ4v) is 2.83. The number of aryl methyl sites for hydroxylation is 1. The van der Waals surface area contributed by atoms with Crippen LogP contribution in [0, 0.1) is 6.92 Å². The fourth-order valence-electron chi connectivity index (χ4n) is 1.70. The van der Waals surface area contributed by atoms with Gasteiger partial charge in [-0.2, -0.15) is 0 Å². The third kappa shape index (κ3) is 4.91. The summed E-state index contributed by atoms with van der Waals surface area (Å²) >= 11 is 0. The molecule has 0 amide bonds. The smallest absolute Gasteiger partial charge is 0.240 e. The van der Waals surface area contributed by atoms with Gasteiger partial charge >= 0.3 is 0 Å². The summed E-state index contributed by atoms with van der Waals surface area (Å²) in [7, 11) is 0.001000. The third-order valence-corrected chi connectivity index (χ3v) is 4.27. The molecule has 6 heteroatoms. The van der Waals surface area contributed by atoms with E-state index in [2.05, 4.69) is 10.0 Å². The van der Waals surface area contributed by atoms with E-state index < -0.39 is 10.0 Å². The topological polar surface area (TPSA) is 67.4 Å². The average Bonchev–Trinajstić information content (AvgIpc) is 2.37. The summed E-state index contributed by atoms with van der Waals surface area (Å²) in [5.41, 5.74) is 2.06. The molecule has 0 aliphatic rings. The van der Waals surface area contributed by atoms with Crippen LogP contribution in [-0.2, 0) is 21.3 Å². The molecule has 1 aromatic rings. The van der Waals surface area contributed by atoms with Gasteiger partial charge in [0.05, 0.1) is 4.90 Å². The molecule has 0 atom stereocenters. The molecule has 0 aliphatic heterocycles. The second-order valence-electron chi connectivity index (χ2n) is 4.36. The maximum Gasteiger partial charge on any atom is 0.240 e. The molecular weight excluding hydrogens is 264 g/mol. The molecule has 0 spiro atoms. The van der Waals surface area contributed by atoms with E-state index in [9.17, 15) is 8.42 Å². The van der Waals surface area contributed by atoms with Crippen molar-refractivity contribution < 1.29 is 13.2 Å². The van der Waals surface area contributed by atoms with Crippen LogP contribution in [0.3, 0.4) is 0 Å². The highest BCUT2D eigenvalue weighted by molar-refractivity contribution is 7.89. The first-order valence-corrected chi connectivity index (χ1v) is 7.72. The van der Waals surface area contributed by atoms with Crippen molar-refractivity contribution in [3.63, 3.8) is 0 Å². The summed E-state index contributed by atoms with van der Waals surface area (Å²) in [6, 6.07) is 5.17. The van der Waals surface area contributed by atoms with Crippen LogP contribution < -0.4 is 10.0 Å². The zero-order chi connectivity index (χ0) is 14.3. The van der Waals surface area contributed by atoms with E-state index >= 15 is 0 Å². The molecule has 0 unspecified atom stereocenters. The van der Waals surface area contributed by atoms with Crippen molar-refractivity contribution in [2.45, 2.75) is 24.8 Å².